The summed E-state index contributed by atoms with van der Waals surface area (Å²) in [6.07, 6.45) is 16.4. The summed E-state index contributed by atoms with van der Waals surface area (Å²) in [4.78, 5) is 2.39. The quantitative estimate of drug-likeness (QED) is 0.0878. The largest absolute Gasteiger partial charge is 0.459 e. The van der Waals surface area contributed by atoms with Crippen LogP contribution in [0.25, 0.3) is 82.6 Å². The summed E-state index contributed by atoms with van der Waals surface area (Å²) >= 11 is 0. The third-order valence-corrected chi connectivity index (χ3v) is 17.5. The number of nitrogens with zero attached hydrogens (tertiary/aromatic N) is 3. The van der Waals surface area contributed by atoms with Gasteiger partial charge >= 0.3 is 0 Å². The number of rotatable bonds is 9. The summed E-state index contributed by atoms with van der Waals surface area (Å²) in [7, 11) is 0. The number of nitriles is 2. The number of furan rings is 1. The molecule has 1 aromatic heterocycles. The summed E-state index contributed by atoms with van der Waals surface area (Å²) in [5, 5.41) is 30.0. The Kier molecular flexibility index (Phi) is 11.2. The number of para-hydroxylation sites is 3. The first-order valence-corrected chi connectivity index (χ1v) is 27.8. The molecule has 6 heteroatoms. The molecule has 0 radical (unpaired) electrons. The second-order valence-electron chi connectivity index (χ2n) is 21.8. The van der Waals surface area contributed by atoms with E-state index in [-0.39, 0.29) is 5.92 Å². The lowest BCUT2D eigenvalue weighted by Gasteiger charge is -2.36. The van der Waals surface area contributed by atoms with Crippen molar-refractivity contribution in [1.29, 1.82) is 10.5 Å². The molecule has 15 rings (SSSR count). The number of benzene rings is 10. The molecule has 0 amide bonds. The molecule has 0 saturated carbocycles. The van der Waals surface area contributed by atoms with Crippen LogP contribution in [0.4, 0.5) is 5.69 Å². The van der Waals surface area contributed by atoms with Crippen molar-refractivity contribution in [2.45, 2.75) is 43.6 Å². The zero-order valence-electron chi connectivity index (χ0n) is 44.5. The third kappa shape index (κ3) is 7.64. The molecule has 11 aromatic rings. The zero-order chi connectivity index (χ0) is 54.3. The van der Waals surface area contributed by atoms with Crippen molar-refractivity contribution in [2.75, 3.05) is 4.90 Å². The molecule has 6 nitrogen and oxygen atoms in total. The van der Waals surface area contributed by atoms with Crippen molar-refractivity contribution in [3.8, 4) is 40.1 Å². The van der Waals surface area contributed by atoms with Gasteiger partial charge in [0, 0.05) is 55.9 Å². The van der Waals surface area contributed by atoms with Gasteiger partial charge in [-0.3, -0.25) is 0 Å². The SMILES string of the molecule is CC1(c2cc(N(C3=CC=C(C#N)CC3)C3=C4Oc5ccccc5C4CC=C3)ccc2-c2ccc(C(N)/C=C(C#N)\C=C/c3cccc4c3oc3ccccc34)cc2)c2ccccc2-c2cc3c4ccccc4c4ccccc4c3cc21. The number of anilines is 1. The van der Waals surface area contributed by atoms with Gasteiger partial charge in [-0.15, -0.1) is 0 Å². The van der Waals surface area contributed by atoms with Gasteiger partial charge in [0.2, 0.25) is 0 Å². The molecule has 3 unspecified atom stereocenters. The van der Waals surface area contributed by atoms with Crippen LogP contribution < -0.4 is 15.4 Å². The second-order valence-corrected chi connectivity index (χ2v) is 21.8. The van der Waals surface area contributed by atoms with Gasteiger partial charge < -0.3 is 19.8 Å². The minimum absolute atomic E-state index is 0.0831. The molecule has 1 aliphatic heterocycles. The molecule has 81 heavy (non-hydrogen) atoms. The van der Waals surface area contributed by atoms with E-state index in [0.717, 1.165) is 90.3 Å². The molecule has 2 heterocycles. The maximum Gasteiger partial charge on any atom is 0.142 e. The van der Waals surface area contributed by atoms with E-state index in [1.165, 1.54) is 60.1 Å². The van der Waals surface area contributed by atoms with Crippen LogP contribution in [0.3, 0.4) is 0 Å². The smallest absolute Gasteiger partial charge is 0.142 e. The van der Waals surface area contributed by atoms with Crippen LogP contribution in [0.2, 0.25) is 0 Å². The van der Waals surface area contributed by atoms with Crippen molar-refractivity contribution in [1.82, 2.24) is 0 Å². The van der Waals surface area contributed by atoms with E-state index < -0.39 is 11.5 Å². The lowest BCUT2D eigenvalue weighted by Crippen LogP contribution is -2.28. The number of ether oxygens (including phenoxy) is 1. The maximum atomic E-state index is 10.4. The van der Waals surface area contributed by atoms with E-state index in [9.17, 15) is 10.5 Å². The fraction of sp³-hybridized carbons (Fsp3) is 0.0933. The number of nitrogens with two attached hydrogens (primary N) is 1. The fourth-order valence-corrected chi connectivity index (χ4v) is 13.5. The molecule has 0 saturated heterocycles. The van der Waals surface area contributed by atoms with E-state index in [0.29, 0.717) is 18.4 Å². The van der Waals surface area contributed by atoms with Gasteiger partial charge in [-0.1, -0.05) is 164 Å². The molecule has 0 spiro atoms. The molecule has 0 fully saturated rings. The zero-order valence-corrected chi connectivity index (χ0v) is 44.5. The topological polar surface area (TPSA) is 99.2 Å². The Hall–Kier alpha value is -10.2. The monoisotopic (exact) mass is 1040 g/mol. The van der Waals surface area contributed by atoms with E-state index in [1.807, 2.05) is 60.7 Å². The molecular weight excluding hydrogens is 989 g/mol. The van der Waals surface area contributed by atoms with Crippen LogP contribution in [-0.2, 0) is 5.41 Å². The number of allylic oxidation sites excluding steroid dienone is 9. The first-order valence-electron chi connectivity index (χ1n) is 27.8. The predicted octanol–water partition coefficient (Wildman–Crippen LogP) is 18.5. The predicted molar refractivity (Wildman–Crippen MR) is 329 cm³/mol. The maximum absolute atomic E-state index is 10.4. The molecular formula is C75H52N4O2. The molecule has 3 aliphatic carbocycles. The highest BCUT2D eigenvalue weighted by Crippen LogP contribution is 2.57. The first-order chi connectivity index (χ1) is 39.9. The highest BCUT2D eigenvalue weighted by molar-refractivity contribution is 6.26. The summed E-state index contributed by atoms with van der Waals surface area (Å²) in [5.41, 5.74) is 23.4. The van der Waals surface area contributed by atoms with Crippen molar-refractivity contribution in [3.05, 3.63) is 292 Å². The second kappa shape index (κ2) is 19.0. The molecule has 0 bridgehead atoms. The normalized spacial score (nSPS) is 17.6. The highest BCUT2D eigenvalue weighted by Gasteiger charge is 2.44. The van der Waals surface area contributed by atoms with Gasteiger partial charge in [-0.2, -0.15) is 10.5 Å². The molecule has 3 atom stereocenters. The van der Waals surface area contributed by atoms with Crippen LogP contribution in [0, 0.1) is 22.7 Å². The van der Waals surface area contributed by atoms with Crippen LogP contribution >= 0.6 is 0 Å². The molecule has 2 N–H and O–H groups in total. The van der Waals surface area contributed by atoms with Crippen LogP contribution in [0.5, 0.6) is 5.75 Å². The standard InChI is InChI=1S/C75H52N4O2/c1-75(66-24-9-6-19-58(66)65-42-63-56-17-4-2-15-54(56)55-16-3-5-18-57(55)64(63)43-68(65)75)67-41-52(79(51-36-29-46(44-76)30-37-51)70-25-13-23-62-60-21-8-11-27-72(60)81-74(62)70)38-39-53(67)48-32-34-49(35-33-48)69(78)40-47(45-77)28-31-50-14-12-22-61-59-20-7-10-26-71(59)80-73(50)61/h2-22,24-29,31-36,38-43,62,69H,23,30,37,78H2,1H3/b31-28-,47-40+. The van der Waals surface area contributed by atoms with Crippen LogP contribution in [-0.4, -0.2) is 0 Å². The van der Waals surface area contributed by atoms with Crippen molar-refractivity contribution >= 4 is 66.0 Å². The van der Waals surface area contributed by atoms with Gasteiger partial charge in [0.1, 0.15) is 22.7 Å². The number of fused-ring (bicyclic) bond motifs is 15. The summed E-state index contributed by atoms with van der Waals surface area (Å²) in [5.74, 6) is 1.92. The van der Waals surface area contributed by atoms with E-state index in [1.54, 1.807) is 0 Å². The minimum atomic E-state index is -0.653. The fourth-order valence-electron chi connectivity index (χ4n) is 13.5. The lowest BCUT2D eigenvalue weighted by molar-refractivity contribution is 0.417. The van der Waals surface area contributed by atoms with Gasteiger partial charge in [-0.05, 0) is 176 Å². The van der Waals surface area contributed by atoms with E-state index in [4.69, 9.17) is 14.9 Å². The minimum Gasteiger partial charge on any atom is -0.459 e. The van der Waals surface area contributed by atoms with Gasteiger partial charge in [0.15, 0.2) is 0 Å². The summed E-state index contributed by atoms with van der Waals surface area (Å²) in [6.45, 7) is 2.41. The Morgan fingerprint density at radius 3 is 2.10 bits per heavy atom. The summed E-state index contributed by atoms with van der Waals surface area (Å²) < 4.78 is 13.2. The van der Waals surface area contributed by atoms with Crippen LogP contribution in [0.1, 0.15) is 71.5 Å². The Morgan fingerprint density at radius 1 is 0.642 bits per heavy atom. The highest BCUT2D eigenvalue weighted by atomic mass is 16.5. The molecule has 10 aromatic carbocycles. The first kappa shape index (κ1) is 47.9. The van der Waals surface area contributed by atoms with Gasteiger partial charge in [0.25, 0.3) is 0 Å². The average molecular weight is 1040 g/mol. The number of hydrogen-bond donors (Lipinski definition) is 1. The Morgan fingerprint density at radius 2 is 1.33 bits per heavy atom. The van der Waals surface area contributed by atoms with Gasteiger partial charge in [-0.25, -0.2) is 0 Å². The molecule has 384 valence electrons. The van der Waals surface area contributed by atoms with Crippen LogP contribution in [0.15, 0.2) is 263 Å². The van der Waals surface area contributed by atoms with Gasteiger partial charge in [0.05, 0.1) is 23.8 Å². The number of hydrogen-bond acceptors (Lipinski definition) is 6. The lowest BCUT2D eigenvalue weighted by atomic mass is 9.71. The Balaban J connectivity index is 0.900. The summed E-state index contributed by atoms with van der Waals surface area (Å²) in [6, 6.07) is 73.8. The Labute approximate surface area is 469 Å². The Bertz CT molecular complexity index is 4780. The van der Waals surface area contributed by atoms with E-state index in [2.05, 4.69) is 200 Å². The van der Waals surface area contributed by atoms with Crippen molar-refractivity contribution in [3.63, 3.8) is 0 Å². The van der Waals surface area contributed by atoms with Crippen molar-refractivity contribution < 1.29 is 9.15 Å². The molecule has 4 aliphatic rings. The van der Waals surface area contributed by atoms with E-state index >= 15 is 0 Å². The average Bonchev–Trinajstić information content (AvgIpc) is 4.41. The third-order valence-electron chi connectivity index (χ3n) is 17.5. The van der Waals surface area contributed by atoms with Crippen molar-refractivity contribution in [2.24, 2.45) is 5.73 Å².